The van der Waals surface area contributed by atoms with Crippen LogP contribution < -0.4 is 0 Å². The molecule has 1 heterocycles. The van der Waals surface area contributed by atoms with E-state index in [9.17, 15) is 0 Å². The summed E-state index contributed by atoms with van der Waals surface area (Å²) in [5.74, 6) is 0. The first-order chi connectivity index (χ1) is 6.07. The lowest BCUT2D eigenvalue weighted by molar-refractivity contribution is 0.290. The van der Waals surface area contributed by atoms with Crippen LogP contribution in [0.4, 0.5) is 0 Å². The Kier molecular flexibility index (Phi) is 3.05. The third kappa shape index (κ3) is 1.61. The molecule has 0 saturated carbocycles. The third-order valence-corrected chi connectivity index (χ3v) is 3.77. The van der Waals surface area contributed by atoms with Crippen LogP contribution in [0.5, 0.6) is 0 Å². The second kappa shape index (κ2) is 3.73. The fraction of sp³-hybridized carbons (Fsp3) is 0.833. The van der Waals surface area contributed by atoms with Gasteiger partial charge in [-0.05, 0) is 33.1 Å². The van der Waals surface area contributed by atoms with E-state index in [4.69, 9.17) is 0 Å². The van der Waals surface area contributed by atoms with Crippen LogP contribution in [0.1, 0.15) is 47.0 Å². The van der Waals surface area contributed by atoms with E-state index in [1.807, 2.05) is 0 Å². The van der Waals surface area contributed by atoms with Crippen molar-refractivity contribution in [1.82, 2.24) is 4.90 Å². The van der Waals surface area contributed by atoms with Gasteiger partial charge < -0.3 is 4.90 Å². The molecule has 0 N–H and O–H groups in total. The van der Waals surface area contributed by atoms with Gasteiger partial charge >= 0.3 is 0 Å². The molecule has 0 unspecified atom stereocenters. The van der Waals surface area contributed by atoms with E-state index < -0.39 is 0 Å². The van der Waals surface area contributed by atoms with Crippen LogP contribution in [-0.2, 0) is 0 Å². The number of hydrogen-bond donors (Lipinski definition) is 0. The first-order valence-corrected chi connectivity index (χ1v) is 5.53. The summed E-state index contributed by atoms with van der Waals surface area (Å²) in [6.45, 7) is 14.6. The first kappa shape index (κ1) is 10.6. The number of nitrogens with zero attached hydrogens (tertiary/aromatic N) is 1. The largest absolute Gasteiger partial charge is 0.372 e. The Labute approximate surface area is 82.8 Å². The van der Waals surface area contributed by atoms with Gasteiger partial charge in [-0.1, -0.05) is 20.4 Å². The molecule has 0 radical (unpaired) electrons. The minimum atomic E-state index is 0.421. The lowest BCUT2D eigenvalue weighted by Crippen LogP contribution is -2.28. The average molecular weight is 181 g/mol. The van der Waals surface area contributed by atoms with E-state index in [-0.39, 0.29) is 0 Å². The highest BCUT2D eigenvalue weighted by Gasteiger charge is 2.39. The van der Waals surface area contributed by atoms with Crippen LogP contribution in [-0.4, -0.2) is 17.5 Å². The fourth-order valence-corrected chi connectivity index (χ4v) is 2.50. The minimum absolute atomic E-state index is 0.421. The van der Waals surface area contributed by atoms with Gasteiger partial charge in [-0.3, -0.25) is 0 Å². The van der Waals surface area contributed by atoms with Crippen molar-refractivity contribution in [2.24, 2.45) is 5.41 Å². The molecule has 1 rings (SSSR count). The Morgan fingerprint density at radius 2 is 1.92 bits per heavy atom. The predicted octanol–water partition coefficient (Wildman–Crippen LogP) is 3.42. The summed E-state index contributed by atoms with van der Waals surface area (Å²) in [5.41, 5.74) is 1.80. The molecule has 1 fully saturated rings. The van der Waals surface area contributed by atoms with Gasteiger partial charge in [0.25, 0.3) is 0 Å². The molecule has 0 aliphatic carbocycles. The molecule has 0 spiro atoms. The van der Waals surface area contributed by atoms with Gasteiger partial charge in [0.05, 0.1) is 0 Å². The van der Waals surface area contributed by atoms with E-state index in [0.717, 1.165) is 0 Å². The highest BCUT2D eigenvalue weighted by Crippen LogP contribution is 2.45. The van der Waals surface area contributed by atoms with Gasteiger partial charge in [0, 0.05) is 23.7 Å². The Morgan fingerprint density at radius 3 is 2.15 bits per heavy atom. The molecule has 0 aromatic carbocycles. The Balaban J connectivity index is 2.79. The molecule has 1 aliphatic heterocycles. The molecule has 0 aromatic heterocycles. The molecule has 1 aliphatic rings. The zero-order valence-electron chi connectivity index (χ0n) is 9.56. The lowest BCUT2D eigenvalue weighted by Gasteiger charge is -2.32. The summed E-state index contributed by atoms with van der Waals surface area (Å²) in [5, 5.41) is 0. The van der Waals surface area contributed by atoms with Crippen LogP contribution in [0.2, 0.25) is 0 Å². The smallest absolute Gasteiger partial charge is 0.0230 e. The predicted molar refractivity (Wildman–Crippen MR) is 58.6 cm³/mol. The van der Waals surface area contributed by atoms with E-state index >= 15 is 0 Å². The van der Waals surface area contributed by atoms with Crippen molar-refractivity contribution in [2.45, 2.75) is 53.0 Å². The van der Waals surface area contributed by atoms with Gasteiger partial charge in [0.1, 0.15) is 0 Å². The first-order valence-electron chi connectivity index (χ1n) is 5.53. The Bertz CT molecular complexity index is 189. The van der Waals surface area contributed by atoms with E-state index in [1.54, 1.807) is 0 Å². The fourth-order valence-electron chi connectivity index (χ4n) is 2.50. The molecule has 0 bridgehead atoms. The average Bonchev–Trinajstić information content (AvgIpc) is 2.43. The van der Waals surface area contributed by atoms with Crippen molar-refractivity contribution in [3.8, 4) is 0 Å². The third-order valence-electron chi connectivity index (χ3n) is 3.77. The van der Waals surface area contributed by atoms with Crippen LogP contribution in [0, 0.1) is 5.41 Å². The van der Waals surface area contributed by atoms with Crippen molar-refractivity contribution in [3.63, 3.8) is 0 Å². The second-order valence-corrected chi connectivity index (χ2v) is 4.47. The van der Waals surface area contributed by atoms with Gasteiger partial charge in [0.2, 0.25) is 0 Å². The molecule has 0 amide bonds. The second-order valence-electron chi connectivity index (χ2n) is 4.47. The molecular formula is C12H23N. The van der Waals surface area contributed by atoms with Crippen molar-refractivity contribution in [2.75, 3.05) is 6.54 Å². The van der Waals surface area contributed by atoms with E-state index in [2.05, 4.69) is 39.2 Å². The summed E-state index contributed by atoms with van der Waals surface area (Å²) in [4.78, 5) is 2.47. The molecule has 1 heteroatoms. The number of rotatable bonds is 3. The molecule has 13 heavy (non-hydrogen) atoms. The summed E-state index contributed by atoms with van der Waals surface area (Å²) in [6, 6.07) is 0.618. The maximum absolute atomic E-state index is 4.28. The summed E-state index contributed by atoms with van der Waals surface area (Å²) < 4.78 is 0. The maximum atomic E-state index is 4.28. The Hall–Kier alpha value is -0.460. The van der Waals surface area contributed by atoms with Crippen LogP contribution in [0.3, 0.4) is 0 Å². The van der Waals surface area contributed by atoms with Crippen molar-refractivity contribution in [3.05, 3.63) is 12.3 Å². The monoisotopic (exact) mass is 181 g/mol. The highest BCUT2D eigenvalue weighted by atomic mass is 15.2. The summed E-state index contributed by atoms with van der Waals surface area (Å²) in [7, 11) is 0. The van der Waals surface area contributed by atoms with Gasteiger partial charge in [-0.15, -0.1) is 0 Å². The summed E-state index contributed by atoms with van der Waals surface area (Å²) >= 11 is 0. The van der Waals surface area contributed by atoms with Gasteiger partial charge in [0.15, 0.2) is 0 Å². The van der Waals surface area contributed by atoms with E-state index in [0.29, 0.717) is 11.5 Å². The standard InChI is InChI=1S/C12H23N/c1-6-12(7-2)8-9-13(10(3)4)11(12)5/h10H,5-9H2,1-4H3. The van der Waals surface area contributed by atoms with Gasteiger partial charge in [-0.2, -0.15) is 0 Å². The molecule has 1 nitrogen and oxygen atoms in total. The molecular weight excluding hydrogens is 158 g/mol. The van der Waals surface area contributed by atoms with Crippen LogP contribution in [0.15, 0.2) is 12.3 Å². The minimum Gasteiger partial charge on any atom is -0.372 e. The zero-order valence-corrected chi connectivity index (χ0v) is 9.56. The van der Waals surface area contributed by atoms with Gasteiger partial charge in [-0.25, -0.2) is 0 Å². The Morgan fingerprint density at radius 1 is 1.38 bits per heavy atom. The number of likely N-dealkylation sites (tertiary alicyclic amines) is 1. The quantitative estimate of drug-likeness (QED) is 0.645. The number of allylic oxidation sites excluding steroid dienone is 1. The summed E-state index contributed by atoms with van der Waals surface area (Å²) in [6.07, 6.45) is 3.79. The van der Waals surface area contributed by atoms with Crippen LogP contribution in [0.25, 0.3) is 0 Å². The topological polar surface area (TPSA) is 3.24 Å². The SMILES string of the molecule is C=C1N(C(C)C)CCC1(CC)CC. The van der Waals surface area contributed by atoms with Crippen molar-refractivity contribution >= 4 is 0 Å². The molecule has 76 valence electrons. The molecule has 1 saturated heterocycles. The van der Waals surface area contributed by atoms with Crippen molar-refractivity contribution < 1.29 is 0 Å². The number of hydrogen-bond acceptors (Lipinski definition) is 1. The normalized spacial score (nSPS) is 21.6. The van der Waals surface area contributed by atoms with Crippen LogP contribution >= 0.6 is 0 Å². The lowest BCUT2D eigenvalue weighted by atomic mass is 9.79. The zero-order chi connectivity index (χ0) is 10.1. The molecule has 0 aromatic rings. The highest BCUT2D eigenvalue weighted by molar-refractivity contribution is 5.15. The van der Waals surface area contributed by atoms with Crippen molar-refractivity contribution in [1.29, 1.82) is 0 Å². The molecule has 0 atom stereocenters. The van der Waals surface area contributed by atoms with E-state index in [1.165, 1.54) is 31.5 Å². The maximum Gasteiger partial charge on any atom is 0.0230 e.